The van der Waals surface area contributed by atoms with Crippen molar-refractivity contribution in [3.63, 3.8) is 0 Å². The maximum absolute atomic E-state index is 13.9. The zero-order valence-corrected chi connectivity index (χ0v) is 14.4. The van der Waals surface area contributed by atoms with E-state index in [1.807, 2.05) is 0 Å². The Balaban J connectivity index is 1.99. The fraction of sp³-hybridized carbons (Fsp3) is 0.118. The highest BCUT2D eigenvalue weighted by Gasteiger charge is 2.24. The van der Waals surface area contributed by atoms with Gasteiger partial charge in [-0.05, 0) is 53.7 Å². The highest BCUT2D eigenvalue weighted by Crippen LogP contribution is 2.17. The number of amides is 1. The molecule has 0 unspecified atom stereocenters. The van der Waals surface area contributed by atoms with Gasteiger partial charge in [0.15, 0.2) is 11.6 Å². The van der Waals surface area contributed by atoms with Gasteiger partial charge in [0, 0.05) is 12.2 Å². The third-order valence-electron chi connectivity index (χ3n) is 3.88. The lowest BCUT2D eigenvalue weighted by molar-refractivity contribution is 0.0697. The molecular weight excluding hydrogens is 376 g/mol. The van der Waals surface area contributed by atoms with Gasteiger partial charge in [-0.15, -0.1) is 4.68 Å². The summed E-state index contributed by atoms with van der Waals surface area (Å²) < 4.78 is 28.5. The monoisotopic (exact) mass is 389 g/mol. The standard InChI is InChI=1S/C17H13F2N5O4/c1-2-22(11-8-6-10(7-9-11)15(25)26)16(27)24-17(28)23(20-21-24)14-12(18)4-3-5-13(14)19/h3-9H,2H2,1H3,(H,25,26). The topological polar surface area (TPSA) is 110 Å². The minimum Gasteiger partial charge on any atom is -0.478 e. The maximum Gasteiger partial charge on any atom is 0.377 e. The number of nitrogens with zero attached hydrogens (tertiary/aromatic N) is 5. The molecule has 0 radical (unpaired) electrons. The van der Waals surface area contributed by atoms with Crippen molar-refractivity contribution in [2.24, 2.45) is 0 Å². The van der Waals surface area contributed by atoms with E-state index in [0.29, 0.717) is 15.1 Å². The number of halogens is 2. The van der Waals surface area contributed by atoms with Crippen LogP contribution in [-0.4, -0.2) is 43.4 Å². The van der Waals surface area contributed by atoms with Gasteiger partial charge in [0.2, 0.25) is 0 Å². The Labute approximate surface area is 156 Å². The van der Waals surface area contributed by atoms with Crippen molar-refractivity contribution >= 4 is 17.7 Å². The number of para-hydroxylation sites is 1. The number of anilines is 1. The second kappa shape index (κ2) is 7.39. The molecule has 0 aliphatic carbocycles. The van der Waals surface area contributed by atoms with Gasteiger partial charge in [-0.3, -0.25) is 4.90 Å². The average molecular weight is 389 g/mol. The molecule has 2 aromatic carbocycles. The van der Waals surface area contributed by atoms with E-state index >= 15 is 0 Å². The molecule has 1 heterocycles. The lowest BCUT2D eigenvalue weighted by atomic mass is 10.2. The minimum absolute atomic E-state index is 0.0189. The van der Waals surface area contributed by atoms with Crippen LogP contribution < -0.4 is 10.6 Å². The predicted octanol–water partition coefficient (Wildman–Crippen LogP) is 1.90. The van der Waals surface area contributed by atoms with Crippen LogP contribution in [0.25, 0.3) is 5.69 Å². The van der Waals surface area contributed by atoms with Crippen molar-refractivity contribution in [1.82, 2.24) is 19.8 Å². The smallest absolute Gasteiger partial charge is 0.377 e. The third kappa shape index (κ3) is 3.24. The van der Waals surface area contributed by atoms with Gasteiger partial charge in [-0.2, -0.15) is 4.68 Å². The van der Waals surface area contributed by atoms with E-state index in [4.69, 9.17) is 5.11 Å². The molecule has 28 heavy (non-hydrogen) atoms. The lowest BCUT2D eigenvalue weighted by Gasteiger charge is -2.19. The van der Waals surface area contributed by atoms with Crippen molar-refractivity contribution < 1.29 is 23.5 Å². The number of carbonyl (C=O) groups is 2. The zero-order chi connectivity index (χ0) is 20.4. The van der Waals surface area contributed by atoms with Crippen molar-refractivity contribution in [2.45, 2.75) is 6.92 Å². The van der Waals surface area contributed by atoms with Gasteiger partial charge in [0.05, 0.1) is 5.56 Å². The summed E-state index contributed by atoms with van der Waals surface area (Å²) in [4.78, 5) is 37.2. The van der Waals surface area contributed by atoms with Crippen LogP contribution in [-0.2, 0) is 0 Å². The lowest BCUT2D eigenvalue weighted by Crippen LogP contribution is -2.41. The quantitative estimate of drug-likeness (QED) is 0.683. The Morgan fingerprint density at radius 1 is 1.07 bits per heavy atom. The number of carbonyl (C=O) groups excluding carboxylic acids is 1. The molecule has 0 aliphatic rings. The predicted molar refractivity (Wildman–Crippen MR) is 92.8 cm³/mol. The van der Waals surface area contributed by atoms with Gasteiger partial charge in [-0.25, -0.2) is 23.2 Å². The van der Waals surface area contributed by atoms with E-state index in [-0.39, 0.29) is 12.1 Å². The first-order valence-corrected chi connectivity index (χ1v) is 7.99. The molecule has 1 amide bonds. The molecule has 0 saturated heterocycles. The van der Waals surface area contributed by atoms with Crippen LogP contribution >= 0.6 is 0 Å². The molecule has 0 saturated carbocycles. The summed E-state index contributed by atoms with van der Waals surface area (Å²) in [5.41, 5.74) is -1.59. The number of rotatable bonds is 4. The first kappa shape index (κ1) is 18.9. The second-order valence-electron chi connectivity index (χ2n) is 5.53. The van der Waals surface area contributed by atoms with Crippen molar-refractivity contribution in [3.8, 4) is 5.69 Å². The molecule has 0 spiro atoms. The van der Waals surface area contributed by atoms with E-state index in [2.05, 4.69) is 10.4 Å². The van der Waals surface area contributed by atoms with Gasteiger partial charge >= 0.3 is 17.7 Å². The Hall–Kier alpha value is -3.89. The van der Waals surface area contributed by atoms with Crippen LogP contribution in [0.1, 0.15) is 17.3 Å². The molecule has 11 heteroatoms. The van der Waals surface area contributed by atoms with Gasteiger partial charge in [0.1, 0.15) is 5.69 Å². The molecule has 3 rings (SSSR count). The Morgan fingerprint density at radius 2 is 1.68 bits per heavy atom. The number of aromatic nitrogens is 4. The molecule has 3 aromatic rings. The SMILES string of the molecule is CCN(C(=O)n1nnn(-c2c(F)cccc2F)c1=O)c1ccc(C(=O)O)cc1. The van der Waals surface area contributed by atoms with Crippen molar-refractivity contribution in [2.75, 3.05) is 11.4 Å². The molecule has 144 valence electrons. The van der Waals surface area contributed by atoms with E-state index < -0.39 is 35.0 Å². The Bertz CT molecular complexity index is 1090. The van der Waals surface area contributed by atoms with E-state index in [9.17, 15) is 23.2 Å². The number of carboxylic acid groups (broad SMARTS) is 1. The second-order valence-corrected chi connectivity index (χ2v) is 5.53. The van der Waals surface area contributed by atoms with Crippen LogP contribution in [0.2, 0.25) is 0 Å². The molecule has 1 aromatic heterocycles. The minimum atomic E-state index is -1.16. The highest BCUT2D eigenvalue weighted by molar-refractivity contribution is 5.94. The third-order valence-corrected chi connectivity index (χ3v) is 3.88. The first-order chi connectivity index (χ1) is 13.3. The van der Waals surface area contributed by atoms with Gasteiger partial charge in [-0.1, -0.05) is 6.07 Å². The van der Waals surface area contributed by atoms with Crippen LogP contribution in [0.3, 0.4) is 0 Å². The van der Waals surface area contributed by atoms with E-state index in [0.717, 1.165) is 23.1 Å². The maximum atomic E-state index is 13.9. The van der Waals surface area contributed by atoms with Gasteiger partial charge < -0.3 is 5.11 Å². The first-order valence-electron chi connectivity index (χ1n) is 7.99. The summed E-state index contributed by atoms with van der Waals surface area (Å²) in [7, 11) is 0. The highest BCUT2D eigenvalue weighted by atomic mass is 19.1. The number of tetrazole rings is 1. The summed E-state index contributed by atoms with van der Waals surface area (Å²) in [6.07, 6.45) is 0. The summed E-state index contributed by atoms with van der Waals surface area (Å²) in [5, 5.41) is 15.7. The van der Waals surface area contributed by atoms with Gasteiger partial charge in [0.25, 0.3) is 0 Å². The number of hydrogen-bond donors (Lipinski definition) is 1. The van der Waals surface area contributed by atoms with E-state index in [1.165, 1.54) is 24.3 Å². The fourth-order valence-electron chi connectivity index (χ4n) is 2.52. The number of benzene rings is 2. The van der Waals surface area contributed by atoms with Crippen LogP contribution in [0.15, 0.2) is 47.3 Å². The molecule has 1 N–H and O–H groups in total. The Kier molecular flexibility index (Phi) is 4.98. The fourth-order valence-corrected chi connectivity index (χ4v) is 2.52. The molecule has 0 bridgehead atoms. The van der Waals surface area contributed by atoms with Crippen LogP contribution in [0.5, 0.6) is 0 Å². The number of aromatic carboxylic acids is 1. The molecule has 0 aliphatic heterocycles. The average Bonchev–Trinajstić information content (AvgIpc) is 3.04. The molecule has 9 nitrogen and oxygen atoms in total. The molecular formula is C17H13F2N5O4. The Morgan fingerprint density at radius 3 is 2.21 bits per heavy atom. The summed E-state index contributed by atoms with van der Waals surface area (Å²) in [5.74, 6) is -3.22. The van der Waals surface area contributed by atoms with Crippen LogP contribution in [0, 0.1) is 11.6 Å². The number of hydrogen-bond acceptors (Lipinski definition) is 5. The summed E-state index contributed by atoms with van der Waals surface area (Å²) in [6, 6.07) is 7.44. The largest absolute Gasteiger partial charge is 0.478 e. The van der Waals surface area contributed by atoms with E-state index in [1.54, 1.807) is 6.92 Å². The van der Waals surface area contributed by atoms with Crippen molar-refractivity contribution in [3.05, 3.63) is 70.1 Å². The zero-order valence-electron chi connectivity index (χ0n) is 14.4. The van der Waals surface area contributed by atoms with Crippen LogP contribution in [0.4, 0.5) is 19.3 Å². The number of carboxylic acids is 1. The summed E-state index contributed by atoms with van der Waals surface area (Å²) >= 11 is 0. The van der Waals surface area contributed by atoms with Crippen molar-refractivity contribution in [1.29, 1.82) is 0 Å². The molecule has 0 atom stereocenters. The normalized spacial score (nSPS) is 10.7. The summed E-state index contributed by atoms with van der Waals surface area (Å²) in [6.45, 7) is 1.73. The molecule has 0 fully saturated rings.